The predicted molar refractivity (Wildman–Crippen MR) is 107 cm³/mol. The highest BCUT2D eigenvalue weighted by Gasteiger charge is 2.18. The van der Waals surface area contributed by atoms with E-state index < -0.39 is 18.0 Å². The number of hydrogen-bond acceptors (Lipinski definition) is 4. The van der Waals surface area contributed by atoms with Crippen molar-refractivity contribution in [3.8, 4) is 0 Å². The quantitative estimate of drug-likeness (QED) is 0.519. The molecule has 0 bridgehead atoms. The third-order valence-electron chi connectivity index (χ3n) is 3.48. The molecule has 0 radical (unpaired) electrons. The van der Waals surface area contributed by atoms with E-state index in [1.165, 1.54) is 24.2 Å². The van der Waals surface area contributed by atoms with Crippen LogP contribution in [-0.4, -0.2) is 23.7 Å². The second-order valence-corrected chi connectivity index (χ2v) is 7.73. The maximum atomic E-state index is 12.2. The number of halogens is 2. The molecular formula is C19H19Cl2NO3S. The lowest BCUT2D eigenvalue weighted by Crippen LogP contribution is -2.30. The Balaban J connectivity index is 1.86. The van der Waals surface area contributed by atoms with Crippen LogP contribution in [-0.2, 0) is 14.3 Å². The first-order chi connectivity index (χ1) is 12.2. The lowest BCUT2D eigenvalue weighted by Gasteiger charge is -2.14. The number of ether oxygens (including phenoxy) is 1. The van der Waals surface area contributed by atoms with Gasteiger partial charge in [0.15, 0.2) is 6.10 Å². The molecule has 2 aromatic rings. The highest BCUT2D eigenvalue weighted by molar-refractivity contribution is 8.00. The summed E-state index contributed by atoms with van der Waals surface area (Å²) < 4.78 is 5.19. The van der Waals surface area contributed by atoms with E-state index in [-0.39, 0.29) is 5.75 Å². The van der Waals surface area contributed by atoms with Crippen molar-refractivity contribution in [3.05, 3.63) is 57.6 Å². The third-order valence-corrected chi connectivity index (χ3v) is 5.07. The van der Waals surface area contributed by atoms with Gasteiger partial charge in [-0.05, 0) is 50.6 Å². The number of amides is 1. The minimum atomic E-state index is -0.931. The zero-order valence-corrected chi connectivity index (χ0v) is 17.0. The predicted octanol–water partition coefficient (Wildman–Crippen LogP) is 5.27. The van der Waals surface area contributed by atoms with E-state index in [4.69, 9.17) is 27.9 Å². The molecule has 4 nitrogen and oxygen atoms in total. The van der Waals surface area contributed by atoms with Crippen molar-refractivity contribution in [2.45, 2.75) is 31.8 Å². The van der Waals surface area contributed by atoms with E-state index in [0.717, 1.165) is 10.5 Å². The lowest BCUT2D eigenvalue weighted by atomic mass is 10.2. The van der Waals surface area contributed by atoms with Crippen LogP contribution in [0, 0.1) is 13.8 Å². The van der Waals surface area contributed by atoms with E-state index >= 15 is 0 Å². The first kappa shape index (κ1) is 20.6. The number of esters is 1. The molecule has 0 fully saturated rings. The smallest absolute Gasteiger partial charge is 0.317 e. The van der Waals surface area contributed by atoms with Gasteiger partial charge in [0.1, 0.15) is 0 Å². The van der Waals surface area contributed by atoms with Crippen molar-refractivity contribution in [3.63, 3.8) is 0 Å². The Hall–Kier alpha value is -1.69. The molecule has 0 saturated heterocycles. The number of benzene rings is 2. The summed E-state index contributed by atoms with van der Waals surface area (Å²) in [6.45, 7) is 5.52. The van der Waals surface area contributed by atoms with Gasteiger partial charge in [-0.1, -0.05) is 40.9 Å². The fraction of sp³-hybridized carbons (Fsp3) is 0.263. The summed E-state index contributed by atoms with van der Waals surface area (Å²) in [6.07, 6.45) is -0.931. The van der Waals surface area contributed by atoms with Crippen molar-refractivity contribution in [1.82, 2.24) is 0 Å². The highest BCUT2D eigenvalue weighted by atomic mass is 35.5. The van der Waals surface area contributed by atoms with Crippen LogP contribution in [0.4, 0.5) is 5.69 Å². The fourth-order valence-corrected chi connectivity index (χ4v) is 3.57. The number of aryl methyl sites for hydroxylation is 2. The van der Waals surface area contributed by atoms with Crippen molar-refractivity contribution < 1.29 is 14.3 Å². The second-order valence-electron chi connectivity index (χ2n) is 5.84. The molecule has 0 unspecified atom stereocenters. The monoisotopic (exact) mass is 411 g/mol. The van der Waals surface area contributed by atoms with Gasteiger partial charge in [-0.3, -0.25) is 9.59 Å². The topological polar surface area (TPSA) is 55.4 Å². The van der Waals surface area contributed by atoms with E-state index in [9.17, 15) is 9.59 Å². The molecule has 0 aromatic heterocycles. The Kier molecular flexibility index (Phi) is 7.38. The van der Waals surface area contributed by atoms with Gasteiger partial charge in [0.2, 0.25) is 0 Å². The summed E-state index contributed by atoms with van der Waals surface area (Å²) in [5, 5.41) is 3.44. The van der Waals surface area contributed by atoms with Crippen molar-refractivity contribution >= 4 is 52.5 Å². The van der Waals surface area contributed by atoms with Crippen molar-refractivity contribution in [2.75, 3.05) is 11.1 Å². The minimum Gasteiger partial charge on any atom is -0.452 e. The van der Waals surface area contributed by atoms with Gasteiger partial charge < -0.3 is 10.1 Å². The van der Waals surface area contributed by atoms with Crippen LogP contribution in [0.2, 0.25) is 10.0 Å². The van der Waals surface area contributed by atoms with E-state index in [1.807, 2.05) is 26.0 Å². The normalized spacial score (nSPS) is 11.7. The van der Waals surface area contributed by atoms with Crippen LogP contribution in [0.1, 0.15) is 18.1 Å². The number of thioether (sulfide) groups is 1. The van der Waals surface area contributed by atoms with Crippen LogP contribution in [0.3, 0.4) is 0 Å². The highest BCUT2D eigenvalue weighted by Crippen LogP contribution is 2.24. The Morgan fingerprint density at radius 2 is 1.77 bits per heavy atom. The Bertz CT molecular complexity index is 806. The van der Waals surface area contributed by atoms with Gasteiger partial charge in [0.25, 0.3) is 5.91 Å². The van der Waals surface area contributed by atoms with Crippen LogP contribution in [0.5, 0.6) is 0 Å². The number of carbonyl (C=O) groups excluding carboxylic acids is 2. The van der Waals surface area contributed by atoms with Gasteiger partial charge in [0.05, 0.1) is 5.75 Å². The molecular weight excluding hydrogens is 393 g/mol. The molecule has 0 saturated carbocycles. The van der Waals surface area contributed by atoms with Crippen LogP contribution >= 0.6 is 35.0 Å². The van der Waals surface area contributed by atoms with Crippen LogP contribution in [0.25, 0.3) is 0 Å². The van der Waals surface area contributed by atoms with Crippen LogP contribution in [0.15, 0.2) is 41.3 Å². The first-order valence-corrected chi connectivity index (χ1v) is 9.65. The molecule has 26 heavy (non-hydrogen) atoms. The zero-order chi connectivity index (χ0) is 19.3. The van der Waals surface area contributed by atoms with E-state index in [2.05, 4.69) is 11.4 Å². The summed E-state index contributed by atoms with van der Waals surface area (Å²) in [5.41, 5.74) is 2.72. The maximum Gasteiger partial charge on any atom is 0.317 e. The largest absolute Gasteiger partial charge is 0.452 e. The van der Waals surface area contributed by atoms with Gasteiger partial charge >= 0.3 is 5.97 Å². The standard InChI is InChI=1S/C19H19Cl2NO3S/c1-11-4-5-17(12(2)6-11)26-10-18(23)25-13(3)19(24)22-16-8-14(20)7-15(21)9-16/h4-9,13H,10H2,1-3H3,(H,22,24)/t13-/m0/s1. The summed E-state index contributed by atoms with van der Waals surface area (Å²) in [4.78, 5) is 25.2. The van der Waals surface area contributed by atoms with Gasteiger partial charge in [0, 0.05) is 20.6 Å². The van der Waals surface area contributed by atoms with Gasteiger partial charge in [-0.15, -0.1) is 11.8 Å². The molecule has 1 N–H and O–H groups in total. The molecule has 7 heteroatoms. The molecule has 138 valence electrons. The number of anilines is 1. The third kappa shape index (κ3) is 6.24. The number of nitrogens with one attached hydrogen (secondary N) is 1. The summed E-state index contributed by atoms with van der Waals surface area (Å²) in [7, 11) is 0. The number of rotatable bonds is 6. The SMILES string of the molecule is Cc1ccc(SCC(=O)O[C@@H](C)C(=O)Nc2cc(Cl)cc(Cl)c2)c(C)c1. The summed E-state index contributed by atoms with van der Waals surface area (Å²) in [5.74, 6) is -0.778. The van der Waals surface area contributed by atoms with E-state index in [0.29, 0.717) is 15.7 Å². The number of carbonyl (C=O) groups is 2. The minimum absolute atomic E-state index is 0.129. The molecule has 2 rings (SSSR count). The molecule has 2 aromatic carbocycles. The molecule has 0 spiro atoms. The fourth-order valence-electron chi connectivity index (χ4n) is 2.25. The molecule has 1 amide bonds. The molecule has 0 heterocycles. The average Bonchev–Trinajstić information content (AvgIpc) is 2.52. The van der Waals surface area contributed by atoms with Crippen LogP contribution < -0.4 is 5.32 Å². The molecule has 0 aliphatic rings. The number of hydrogen-bond donors (Lipinski definition) is 1. The van der Waals surface area contributed by atoms with Crippen molar-refractivity contribution in [2.24, 2.45) is 0 Å². The maximum absolute atomic E-state index is 12.2. The Morgan fingerprint density at radius 1 is 1.12 bits per heavy atom. The zero-order valence-electron chi connectivity index (χ0n) is 14.6. The van der Waals surface area contributed by atoms with Gasteiger partial charge in [-0.25, -0.2) is 0 Å². The molecule has 1 atom stereocenters. The first-order valence-electron chi connectivity index (χ1n) is 7.91. The van der Waals surface area contributed by atoms with Crippen molar-refractivity contribution in [1.29, 1.82) is 0 Å². The second kappa shape index (κ2) is 9.31. The summed E-state index contributed by atoms with van der Waals surface area (Å²) >= 11 is 13.2. The summed E-state index contributed by atoms with van der Waals surface area (Å²) in [6, 6.07) is 10.7. The van der Waals surface area contributed by atoms with Gasteiger partial charge in [-0.2, -0.15) is 0 Å². The molecule has 0 aliphatic heterocycles. The van der Waals surface area contributed by atoms with E-state index in [1.54, 1.807) is 18.2 Å². The lowest BCUT2D eigenvalue weighted by molar-refractivity contribution is -0.150. The Morgan fingerprint density at radius 3 is 2.38 bits per heavy atom. The average molecular weight is 412 g/mol. The Labute approximate surface area is 167 Å². The molecule has 0 aliphatic carbocycles.